The average molecular weight is 764 g/mol. The molecule has 1 aliphatic rings. The Morgan fingerprint density at radius 2 is 0.733 bits per heavy atom. The zero-order valence-electron chi connectivity index (χ0n) is 33.1. The Morgan fingerprint density at radius 1 is 0.317 bits per heavy atom. The van der Waals surface area contributed by atoms with Crippen LogP contribution in [0.1, 0.15) is 22.3 Å². The van der Waals surface area contributed by atoms with Crippen LogP contribution in [0.2, 0.25) is 0 Å². The second-order valence-corrected chi connectivity index (χ2v) is 15.6. The van der Waals surface area contributed by atoms with Crippen molar-refractivity contribution in [2.45, 2.75) is 5.41 Å². The molecule has 0 spiro atoms. The van der Waals surface area contributed by atoms with Crippen molar-refractivity contribution < 1.29 is 0 Å². The van der Waals surface area contributed by atoms with Gasteiger partial charge in [-0.3, -0.25) is 0 Å². The Balaban J connectivity index is 1.18. The van der Waals surface area contributed by atoms with Gasteiger partial charge in [-0.2, -0.15) is 0 Å². The van der Waals surface area contributed by atoms with Crippen LogP contribution in [-0.2, 0) is 5.41 Å². The van der Waals surface area contributed by atoms with Gasteiger partial charge in [0.15, 0.2) is 0 Å². The van der Waals surface area contributed by atoms with Crippen LogP contribution in [0.5, 0.6) is 0 Å². The third kappa shape index (κ3) is 5.86. The van der Waals surface area contributed by atoms with Crippen LogP contribution in [0, 0.1) is 0 Å². The summed E-state index contributed by atoms with van der Waals surface area (Å²) in [4.78, 5) is 2.47. The lowest BCUT2D eigenvalue weighted by molar-refractivity contribution is 0.775. The van der Waals surface area contributed by atoms with Crippen LogP contribution in [-0.4, -0.2) is 0 Å². The lowest BCUT2D eigenvalue weighted by Gasteiger charge is -2.35. The molecule has 0 unspecified atom stereocenters. The van der Waals surface area contributed by atoms with Crippen molar-refractivity contribution in [3.05, 3.63) is 271 Å². The minimum atomic E-state index is -0.587. The summed E-state index contributed by atoms with van der Waals surface area (Å²) < 4.78 is 0. The summed E-state index contributed by atoms with van der Waals surface area (Å²) in [6.45, 7) is 0. The predicted octanol–water partition coefficient (Wildman–Crippen LogP) is 15.7. The SMILES string of the molecule is c1ccc(-c2ccc(-c3ccc(N(c4ccccc4)c4cc5ccccc5c5c4-c4cc(-c6ccccc6)ccc4C5(c4ccccc4)c4ccccc4)cc3)cc2)cc1. The number of rotatable bonds is 8. The number of hydrogen-bond acceptors (Lipinski definition) is 1. The molecule has 0 radical (unpaired) electrons. The van der Waals surface area contributed by atoms with E-state index in [1.54, 1.807) is 0 Å². The molecule has 1 aliphatic carbocycles. The van der Waals surface area contributed by atoms with Crippen molar-refractivity contribution in [2.75, 3.05) is 4.90 Å². The topological polar surface area (TPSA) is 3.24 Å². The number of para-hydroxylation sites is 1. The van der Waals surface area contributed by atoms with Gasteiger partial charge < -0.3 is 4.90 Å². The van der Waals surface area contributed by atoms with Crippen LogP contribution in [0.15, 0.2) is 249 Å². The van der Waals surface area contributed by atoms with Crippen LogP contribution in [0.3, 0.4) is 0 Å². The molecule has 0 aliphatic heterocycles. The normalized spacial score (nSPS) is 12.5. The summed E-state index contributed by atoms with van der Waals surface area (Å²) in [7, 11) is 0. The molecule has 282 valence electrons. The molecule has 0 atom stereocenters. The van der Waals surface area contributed by atoms with E-state index in [0.29, 0.717) is 0 Å². The summed E-state index contributed by atoms with van der Waals surface area (Å²) in [6.07, 6.45) is 0. The zero-order chi connectivity index (χ0) is 39.9. The number of benzene rings is 10. The molecule has 10 aromatic carbocycles. The molecular formula is C59H41N. The van der Waals surface area contributed by atoms with Crippen molar-refractivity contribution in [2.24, 2.45) is 0 Å². The van der Waals surface area contributed by atoms with Gasteiger partial charge in [0, 0.05) is 16.9 Å². The first-order chi connectivity index (χ1) is 29.8. The fourth-order valence-electron chi connectivity index (χ4n) is 9.63. The fraction of sp³-hybridized carbons (Fsp3) is 0.0169. The van der Waals surface area contributed by atoms with E-state index in [4.69, 9.17) is 0 Å². The van der Waals surface area contributed by atoms with Gasteiger partial charge in [0.2, 0.25) is 0 Å². The summed E-state index contributed by atoms with van der Waals surface area (Å²) in [5.41, 5.74) is 17.6. The highest BCUT2D eigenvalue weighted by Gasteiger charge is 2.48. The van der Waals surface area contributed by atoms with E-state index in [1.807, 2.05) is 0 Å². The lowest BCUT2D eigenvalue weighted by Crippen LogP contribution is -2.29. The number of fused-ring (bicyclic) bond motifs is 5. The molecule has 0 saturated heterocycles. The molecule has 11 rings (SSSR count). The Morgan fingerprint density at radius 3 is 1.30 bits per heavy atom. The maximum Gasteiger partial charge on any atom is 0.0720 e. The second-order valence-electron chi connectivity index (χ2n) is 15.6. The van der Waals surface area contributed by atoms with Crippen LogP contribution >= 0.6 is 0 Å². The molecule has 0 saturated carbocycles. The van der Waals surface area contributed by atoms with Gasteiger partial charge in [-0.1, -0.05) is 212 Å². The number of anilines is 3. The van der Waals surface area contributed by atoms with Gasteiger partial charge >= 0.3 is 0 Å². The molecule has 10 aromatic rings. The smallest absolute Gasteiger partial charge is 0.0720 e. The quantitative estimate of drug-likeness (QED) is 0.149. The predicted molar refractivity (Wildman–Crippen MR) is 252 cm³/mol. The van der Waals surface area contributed by atoms with Gasteiger partial charge in [0.25, 0.3) is 0 Å². The minimum absolute atomic E-state index is 0.587. The van der Waals surface area contributed by atoms with Gasteiger partial charge in [-0.05, 0) is 108 Å². The van der Waals surface area contributed by atoms with Crippen molar-refractivity contribution in [1.82, 2.24) is 0 Å². The van der Waals surface area contributed by atoms with Crippen LogP contribution in [0.25, 0.3) is 55.3 Å². The molecule has 0 amide bonds. The molecule has 0 fully saturated rings. The van der Waals surface area contributed by atoms with Crippen molar-refractivity contribution in [1.29, 1.82) is 0 Å². The Labute approximate surface area is 352 Å². The van der Waals surface area contributed by atoms with Crippen LogP contribution < -0.4 is 4.90 Å². The number of nitrogens with zero attached hydrogens (tertiary/aromatic N) is 1. The summed E-state index contributed by atoms with van der Waals surface area (Å²) >= 11 is 0. The molecule has 60 heavy (non-hydrogen) atoms. The molecule has 0 aromatic heterocycles. The molecule has 1 heteroatoms. The summed E-state index contributed by atoms with van der Waals surface area (Å²) in [6, 6.07) is 91.1. The first-order valence-corrected chi connectivity index (χ1v) is 20.8. The highest BCUT2D eigenvalue weighted by atomic mass is 15.1. The molecule has 1 nitrogen and oxygen atoms in total. The zero-order valence-corrected chi connectivity index (χ0v) is 33.1. The van der Waals surface area contributed by atoms with E-state index >= 15 is 0 Å². The first kappa shape index (κ1) is 35.4. The van der Waals surface area contributed by atoms with E-state index in [-0.39, 0.29) is 0 Å². The van der Waals surface area contributed by atoms with Gasteiger partial charge in [0.1, 0.15) is 0 Å². The van der Waals surface area contributed by atoms with E-state index in [0.717, 1.165) is 17.1 Å². The minimum Gasteiger partial charge on any atom is -0.310 e. The van der Waals surface area contributed by atoms with Crippen molar-refractivity contribution >= 4 is 27.8 Å². The Hall–Kier alpha value is -7.74. The monoisotopic (exact) mass is 763 g/mol. The van der Waals surface area contributed by atoms with Crippen molar-refractivity contribution in [3.63, 3.8) is 0 Å². The van der Waals surface area contributed by atoms with E-state index in [9.17, 15) is 0 Å². The third-order valence-electron chi connectivity index (χ3n) is 12.3. The Bertz CT molecular complexity index is 3050. The van der Waals surface area contributed by atoms with Crippen LogP contribution in [0.4, 0.5) is 17.1 Å². The van der Waals surface area contributed by atoms with Crippen molar-refractivity contribution in [3.8, 4) is 44.5 Å². The summed E-state index contributed by atoms with van der Waals surface area (Å²) in [5.74, 6) is 0. The molecule has 0 bridgehead atoms. The van der Waals surface area contributed by atoms with Gasteiger partial charge in [0.05, 0.1) is 11.1 Å². The molecule has 0 N–H and O–H groups in total. The average Bonchev–Trinajstić information content (AvgIpc) is 3.65. The van der Waals surface area contributed by atoms with E-state index in [2.05, 4.69) is 254 Å². The highest BCUT2D eigenvalue weighted by molar-refractivity contribution is 6.08. The van der Waals surface area contributed by atoms with E-state index in [1.165, 1.54) is 77.5 Å². The lowest BCUT2D eigenvalue weighted by atomic mass is 9.66. The third-order valence-corrected chi connectivity index (χ3v) is 12.3. The molecule has 0 heterocycles. The summed E-state index contributed by atoms with van der Waals surface area (Å²) in [5, 5.41) is 2.46. The van der Waals surface area contributed by atoms with Gasteiger partial charge in [-0.25, -0.2) is 0 Å². The Kier molecular flexibility index (Phi) is 8.79. The number of hydrogen-bond donors (Lipinski definition) is 0. The maximum atomic E-state index is 2.47. The molecular weight excluding hydrogens is 723 g/mol. The van der Waals surface area contributed by atoms with E-state index < -0.39 is 5.41 Å². The fourth-order valence-corrected chi connectivity index (χ4v) is 9.63. The largest absolute Gasteiger partial charge is 0.310 e. The highest BCUT2D eigenvalue weighted by Crippen LogP contribution is 2.62. The second kappa shape index (κ2) is 14.9. The maximum absolute atomic E-state index is 2.47. The first-order valence-electron chi connectivity index (χ1n) is 20.8. The standard InChI is InChI=1S/C59H41N/c1-6-18-42(19-7-1)44-30-32-45(33-31-44)46-34-37-52(38-35-46)60(51-27-14-5-15-28-51)56-41-48-22-16-17-29-53(48)58-57(56)54-40-47(43-20-8-2-9-21-43)36-39-55(54)59(58,49-23-10-3-11-24-49)50-25-12-4-13-26-50/h1-41H. The van der Waals surface area contributed by atoms with Gasteiger partial charge in [-0.15, -0.1) is 0 Å².